The number of ether oxygens (including phenoxy) is 1. The van der Waals surface area contributed by atoms with Gasteiger partial charge in [0, 0.05) is 6.20 Å². The molecule has 1 aliphatic heterocycles. The average molecular weight is 203 g/mol. The maximum atomic E-state index is 11.9. The molecule has 0 amide bonds. The van der Waals surface area contributed by atoms with Crippen LogP contribution >= 0.6 is 0 Å². The van der Waals surface area contributed by atoms with Crippen molar-refractivity contribution in [3.63, 3.8) is 0 Å². The summed E-state index contributed by atoms with van der Waals surface area (Å²) in [5, 5.41) is 0. The number of carbonyl (C=O) groups is 1. The van der Waals surface area contributed by atoms with Crippen molar-refractivity contribution in [2.24, 2.45) is 0 Å². The van der Waals surface area contributed by atoms with Gasteiger partial charge < -0.3 is 4.74 Å². The number of nitrogens with zero attached hydrogens (tertiary/aromatic N) is 1. The molecule has 15 heavy (non-hydrogen) atoms. The zero-order valence-corrected chi connectivity index (χ0v) is 8.53. The number of Topliss-reactive ketones (excluding diaryl/α,β-unsaturated/α-hetero) is 1. The molecule has 0 saturated heterocycles. The molecule has 0 bridgehead atoms. The minimum absolute atomic E-state index is 0.186. The third-order valence-corrected chi connectivity index (χ3v) is 3.38. The number of aromatic nitrogens is 1. The lowest BCUT2D eigenvalue weighted by Gasteiger charge is -2.33. The van der Waals surface area contributed by atoms with Crippen molar-refractivity contribution in [3.8, 4) is 5.88 Å². The lowest BCUT2D eigenvalue weighted by Crippen LogP contribution is -2.39. The molecule has 1 spiro atoms. The van der Waals surface area contributed by atoms with E-state index in [0.717, 1.165) is 25.7 Å². The summed E-state index contributed by atoms with van der Waals surface area (Å²) in [6.45, 7) is 0. The largest absolute Gasteiger partial charge is 0.470 e. The Hall–Kier alpha value is -1.38. The third-order valence-electron chi connectivity index (χ3n) is 3.38. The van der Waals surface area contributed by atoms with Crippen molar-refractivity contribution in [1.82, 2.24) is 4.98 Å². The lowest BCUT2D eigenvalue weighted by molar-refractivity contribution is 0.0414. The van der Waals surface area contributed by atoms with Crippen LogP contribution in [0, 0.1) is 0 Å². The van der Waals surface area contributed by atoms with Crippen LogP contribution in [0.1, 0.15) is 42.5 Å². The molecule has 3 nitrogen and oxygen atoms in total. The van der Waals surface area contributed by atoms with Crippen LogP contribution in [0.25, 0.3) is 0 Å². The van der Waals surface area contributed by atoms with Crippen LogP contribution in [0.2, 0.25) is 0 Å². The number of hydrogen-bond donors (Lipinski definition) is 0. The van der Waals surface area contributed by atoms with Gasteiger partial charge in [-0.05, 0) is 37.8 Å². The van der Waals surface area contributed by atoms with Gasteiger partial charge in [0.25, 0.3) is 0 Å². The number of fused-ring (bicyclic) bond motifs is 1. The SMILES string of the molecule is O=C1CC2(CCCC2)Oc2ncccc21. The Kier molecular flexibility index (Phi) is 1.81. The number of carbonyl (C=O) groups excluding carboxylic acids is 1. The minimum Gasteiger partial charge on any atom is -0.470 e. The third kappa shape index (κ3) is 1.34. The van der Waals surface area contributed by atoms with E-state index < -0.39 is 0 Å². The predicted molar refractivity (Wildman–Crippen MR) is 55.0 cm³/mol. The zero-order valence-electron chi connectivity index (χ0n) is 8.53. The zero-order chi connectivity index (χ0) is 10.3. The van der Waals surface area contributed by atoms with Crippen LogP contribution in [0.5, 0.6) is 5.88 Å². The van der Waals surface area contributed by atoms with Crippen molar-refractivity contribution >= 4 is 5.78 Å². The van der Waals surface area contributed by atoms with E-state index in [9.17, 15) is 4.79 Å². The van der Waals surface area contributed by atoms with Crippen molar-refractivity contribution in [3.05, 3.63) is 23.9 Å². The van der Waals surface area contributed by atoms with E-state index in [0.29, 0.717) is 17.9 Å². The van der Waals surface area contributed by atoms with E-state index in [2.05, 4.69) is 4.98 Å². The van der Waals surface area contributed by atoms with Crippen LogP contribution < -0.4 is 4.74 Å². The van der Waals surface area contributed by atoms with Gasteiger partial charge in [-0.1, -0.05) is 0 Å². The van der Waals surface area contributed by atoms with Gasteiger partial charge in [-0.2, -0.15) is 0 Å². The number of ketones is 1. The number of rotatable bonds is 0. The number of hydrogen-bond acceptors (Lipinski definition) is 3. The lowest BCUT2D eigenvalue weighted by atomic mass is 9.90. The highest BCUT2D eigenvalue weighted by atomic mass is 16.5. The molecule has 2 heterocycles. The quantitative estimate of drug-likeness (QED) is 0.649. The topological polar surface area (TPSA) is 39.2 Å². The van der Waals surface area contributed by atoms with E-state index in [1.54, 1.807) is 18.3 Å². The van der Waals surface area contributed by atoms with Crippen LogP contribution in [0.4, 0.5) is 0 Å². The summed E-state index contributed by atoms with van der Waals surface area (Å²) in [6.07, 6.45) is 6.53. The summed E-state index contributed by atoms with van der Waals surface area (Å²) in [5.41, 5.74) is 0.424. The first-order valence-corrected chi connectivity index (χ1v) is 5.46. The second-order valence-electron chi connectivity index (χ2n) is 4.45. The second kappa shape index (κ2) is 3.05. The van der Waals surface area contributed by atoms with Gasteiger partial charge >= 0.3 is 0 Å². The monoisotopic (exact) mass is 203 g/mol. The molecule has 1 aromatic rings. The first-order chi connectivity index (χ1) is 7.29. The molecular formula is C12H13NO2. The van der Waals surface area contributed by atoms with Crippen molar-refractivity contribution in [1.29, 1.82) is 0 Å². The molecule has 0 aromatic carbocycles. The van der Waals surface area contributed by atoms with Crippen molar-refractivity contribution in [2.45, 2.75) is 37.7 Å². The highest BCUT2D eigenvalue weighted by molar-refractivity contribution is 5.99. The molecule has 0 atom stereocenters. The molecule has 1 aliphatic carbocycles. The summed E-state index contributed by atoms with van der Waals surface area (Å²) in [7, 11) is 0. The number of pyridine rings is 1. The fourth-order valence-corrected chi connectivity index (χ4v) is 2.61. The van der Waals surface area contributed by atoms with Crippen LogP contribution in [-0.4, -0.2) is 16.4 Å². The molecule has 0 unspecified atom stereocenters. The van der Waals surface area contributed by atoms with Gasteiger partial charge in [0.05, 0.1) is 12.0 Å². The summed E-state index contributed by atoms with van der Waals surface area (Å²) in [4.78, 5) is 16.1. The molecule has 1 aromatic heterocycles. The molecule has 2 aliphatic rings. The maximum Gasteiger partial charge on any atom is 0.224 e. The van der Waals surface area contributed by atoms with Crippen molar-refractivity contribution < 1.29 is 9.53 Å². The highest BCUT2D eigenvalue weighted by Crippen LogP contribution is 2.41. The van der Waals surface area contributed by atoms with Gasteiger partial charge in [0.15, 0.2) is 5.78 Å². The minimum atomic E-state index is -0.224. The van der Waals surface area contributed by atoms with Crippen LogP contribution in [0.15, 0.2) is 18.3 Å². The van der Waals surface area contributed by atoms with E-state index in [1.807, 2.05) is 0 Å². The standard InChI is InChI=1S/C12H13NO2/c14-10-8-12(5-1-2-6-12)15-11-9(10)4-3-7-13-11/h3-4,7H,1-2,5-6,8H2. The molecule has 1 saturated carbocycles. The molecule has 1 fully saturated rings. The van der Waals surface area contributed by atoms with E-state index >= 15 is 0 Å². The maximum absolute atomic E-state index is 11.9. The molecule has 0 radical (unpaired) electrons. The van der Waals surface area contributed by atoms with Crippen LogP contribution in [-0.2, 0) is 0 Å². The Morgan fingerprint density at radius 1 is 1.33 bits per heavy atom. The van der Waals surface area contributed by atoms with Gasteiger partial charge in [0.1, 0.15) is 5.60 Å². The smallest absolute Gasteiger partial charge is 0.224 e. The summed E-state index contributed by atoms with van der Waals surface area (Å²) in [6, 6.07) is 3.58. The summed E-state index contributed by atoms with van der Waals surface area (Å²) in [5.74, 6) is 0.724. The van der Waals surface area contributed by atoms with E-state index in [4.69, 9.17) is 4.74 Å². The fourth-order valence-electron chi connectivity index (χ4n) is 2.61. The Bertz CT molecular complexity index is 408. The molecule has 3 rings (SSSR count). The Labute approximate surface area is 88.5 Å². The van der Waals surface area contributed by atoms with E-state index in [1.165, 1.54) is 0 Å². The average Bonchev–Trinajstić information content (AvgIpc) is 2.66. The Balaban J connectivity index is 2.02. The molecule has 3 heteroatoms. The van der Waals surface area contributed by atoms with Crippen molar-refractivity contribution in [2.75, 3.05) is 0 Å². The van der Waals surface area contributed by atoms with Gasteiger partial charge in [-0.25, -0.2) is 4.98 Å². The van der Waals surface area contributed by atoms with Gasteiger partial charge in [0.2, 0.25) is 5.88 Å². The summed E-state index contributed by atoms with van der Waals surface area (Å²) < 4.78 is 5.92. The Morgan fingerprint density at radius 2 is 2.13 bits per heavy atom. The first kappa shape index (κ1) is 8.89. The van der Waals surface area contributed by atoms with Crippen LogP contribution in [0.3, 0.4) is 0 Å². The predicted octanol–water partition coefficient (Wildman–Crippen LogP) is 2.36. The normalized spacial score (nSPS) is 22.5. The molecule has 0 N–H and O–H groups in total. The van der Waals surface area contributed by atoms with Gasteiger partial charge in [-0.15, -0.1) is 0 Å². The fraction of sp³-hybridized carbons (Fsp3) is 0.500. The molecule has 78 valence electrons. The van der Waals surface area contributed by atoms with E-state index in [-0.39, 0.29) is 11.4 Å². The summed E-state index contributed by atoms with van der Waals surface area (Å²) >= 11 is 0. The Morgan fingerprint density at radius 3 is 2.93 bits per heavy atom. The second-order valence-corrected chi connectivity index (χ2v) is 4.45. The first-order valence-electron chi connectivity index (χ1n) is 5.46. The highest BCUT2D eigenvalue weighted by Gasteiger charge is 2.43. The molecular weight excluding hydrogens is 190 g/mol. The van der Waals surface area contributed by atoms with Gasteiger partial charge in [-0.3, -0.25) is 4.79 Å².